The van der Waals surface area contributed by atoms with Gasteiger partial charge in [0.25, 0.3) is 0 Å². The number of aromatic nitrogens is 3. The molecule has 1 fully saturated rings. The molecule has 6 heteroatoms. The predicted octanol–water partition coefficient (Wildman–Crippen LogP) is 3.74. The number of hydrogen-bond acceptors (Lipinski definition) is 6. The first kappa shape index (κ1) is 14.7. The van der Waals surface area contributed by atoms with Crippen molar-refractivity contribution in [2.45, 2.75) is 65.6 Å². The third-order valence-electron chi connectivity index (χ3n) is 4.52. The van der Waals surface area contributed by atoms with E-state index in [2.05, 4.69) is 40.2 Å². The summed E-state index contributed by atoms with van der Waals surface area (Å²) in [4.78, 5) is 8.24. The zero-order chi connectivity index (χ0) is 15.1. The molecule has 0 amide bonds. The Hall–Kier alpha value is -1.27. The minimum absolute atomic E-state index is 0.158. The summed E-state index contributed by atoms with van der Waals surface area (Å²) in [6.45, 7) is 10.7. The molecule has 0 radical (unpaired) electrons. The lowest BCUT2D eigenvalue weighted by Crippen LogP contribution is -2.35. The van der Waals surface area contributed by atoms with Crippen LogP contribution in [0.15, 0.2) is 4.52 Å². The average Bonchev–Trinajstić information content (AvgIpc) is 3.11. The molecule has 3 atom stereocenters. The second-order valence-corrected chi connectivity index (χ2v) is 7.03. The molecule has 21 heavy (non-hydrogen) atoms. The highest BCUT2D eigenvalue weighted by atomic mass is 32.1. The first-order valence-electron chi connectivity index (χ1n) is 7.53. The molecule has 5 nitrogen and oxygen atoms in total. The van der Waals surface area contributed by atoms with E-state index in [0.717, 1.165) is 16.1 Å². The lowest BCUT2D eigenvalue weighted by molar-refractivity contribution is 0.128. The van der Waals surface area contributed by atoms with E-state index < -0.39 is 0 Å². The van der Waals surface area contributed by atoms with Gasteiger partial charge in [0.15, 0.2) is 0 Å². The number of aryl methyl sites for hydroxylation is 2. The Bertz CT molecular complexity index is 606. The van der Waals surface area contributed by atoms with Gasteiger partial charge in [-0.05, 0) is 59.0 Å². The number of rotatable bonds is 3. The molecule has 1 aliphatic rings. The molecule has 0 saturated carbocycles. The summed E-state index contributed by atoms with van der Waals surface area (Å²) in [5, 5.41) is 4.18. The van der Waals surface area contributed by atoms with Crippen LogP contribution in [-0.4, -0.2) is 31.5 Å². The van der Waals surface area contributed by atoms with Gasteiger partial charge in [-0.2, -0.15) is 9.36 Å². The second kappa shape index (κ2) is 5.50. The van der Waals surface area contributed by atoms with Gasteiger partial charge in [-0.1, -0.05) is 5.16 Å². The topological polar surface area (TPSA) is 55.1 Å². The quantitative estimate of drug-likeness (QED) is 0.864. The lowest BCUT2D eigenvalue weighted by Gasteiger charge is -2.30. The van der Waals surface area contributed by atoms with Crippen molar-refractivity contribution in [3.63, 3.8) is 0 Å². The smallest absolute Gasteiger partial charge is 0.244 e. The zero-order valence-corrected chi connectivity index (χ0v) is 14.1. The van der Waals surface area contributed by atoms with Crippen molar-refractivity contribution in [1.29, 1.82) is 0 Å². The molecule has 0 aromatic carbocycles. The molecule has 2 aromatic rings. The average molecular weight is 306 g/mol. The first-order valence-corrected chi connectivity index (χ1v) is 8.30. The van der Waals surface area contributed by atoms with Crippen LogP contribution in [0.3, 0.4) is 0 Å². The number of nitrogens with zero attached hydrogens (tertiary/aromatic N) is 4. The van der Waals surface area contributed by atoms with Gasteiger partial charge in [0.2, 0.25) is 11.7 Å². The highest BCUT2D eigenvalue weighted by Gasteiger charge is 2.34. The van der Waals surface area contributed by atoms with Crippen molar-refractivity contribution in [2.75, 3.05) is 0 Å². The van der Waals surface area contributed by atoms with Gasteiger partial charge < -0.3 is 4.52 Å². The van der Waals surface area contributed by atoms with Crippen molar-refractivity contribution in [3.8, 4) is 11.4 Å². The van der Waals surface area contributed by atoms with E-state index in [1.54, 1.807) is 0 Å². The van der Waals surface area contributed by atoms with Crippen molar-refractivity contribution < 1.29 is 4.52 Å². The van der Waals surface area contributed by atoms with Crippen LogP contribution in [0, 0.1) is 13.8 Å². The molecule has 0 aliphatic carbocycles. The van der Waals surface area contributed by atoms with Gasteiger partial charge in [-0.3, -0.25) is 4.90 Å². The Morgan fingerprint density at radius 2 is 1.90 bits per heavy atom. The maximum absolute atomic E-state index is 5.54. The van der Waals surface area contributed by atoms with E-state index >= 15 is 0 Å². The van der Waals surface area contributed by atoms with Gasteiger partial charge in [0, 0.05) is 17.0 Å². The zero-order valence-electron chi connectivity index (χ0n) is 13.3. The van der Waals surface area contributed by atoms with Crippen LogP contribution in [0.25, 0.3) is 11.4 Å². The van der Waals surface area contributed by atoms with Crippen molar-refractivity contribution in [2.24, 2.45) is 0 Å². The summed E-state index contributed by atoms with van der Waals surface area (Å²) < 4.78 is 9.90. The maximum Gasteiger partial charge on any atom is 0.244 e. The molecule has 114 valence electrons. The van der Waals surface area contributed by atoms with Crippen LogP contribution in [0.1, 0.15) is 56.1 Å². The Balaban J connectivity index is 1.88. The van der Waals surface area contributed by atoms with Crippen LogP contribution in [0.2, 0.25) is 0 Å². The van der Waals surface area contributed by atoms with Gasteiger partial charge in [-0.15, -0.1) is 0 Å². The summed E-state index contributed by atoms with van der Waals surface area (Å²) in [7, 11) is 0. The number of likely N-dealkylation sites (tertiary alicyclic amines) is 1. The van der Waals surface area contributed by atoms with E-state index in [1.165, 1.54) is 24.4 Å². The Kier molecular flexibility index (Phi) is 3.84. The predicted molar refractivity (Wildman–Crippen MR) is 83.3 cm³/mol. The molecule has 0 bridgehead atoms. The van der Waals surface area contributed by atoms with Gasteiger partial charge in [-0.25, -0.2) is 0 Å². The van der Waals surface area contributed by atoms with Crippen molar-refractivity contribution >= 4 is 11.5 Å². The summed E-state index contributed by atoms with van der Waals surface area (Å²) >= 11 is 1.49. The third-order valence-corrected chi connectivity index (χ3v) is 5.37. The Labute approximate surface area is 129 Å². The molecular weight excluding hydrogens is 284 g/mol. The van der Waals surface area contributed by atoms with E-state index in [9.17, 15) is 0 Å². The molecular formula is C15H22N4OS. The van der Waals surface area contributed by atoms with Gasteiger partial charge in [0.1, 0.15) is 0 Å². The summed E-state index contributed by atoms with van der Waals surface area (Å²) in [5.74, 6) is 1.37. The largest absolute Gasteiger partial charge is 0.337 e. The highest BCUT2D eigenvalue weighted by Crippen LogP contribution is 2.34. The Morgan fingerprint density at radius 1 is 1.24 bits per heavy atom. The monoisotopic (exact) mass is 306 g/mol. The van der Waals surface area contributed by atoms with Crippen LogP contribution in [0.4, 0.5) is 0 Å². The standard InChI is InChI=1S/C15H22N4OS/c1-8-6-7-9(2)19(8)11(4)15-16-14(17-20-15)13-10(3)18-21-12(13)5/h8-9,11H,6-7H2,1-5H3. The highest BCUT2D eigenvalue weighted by molar-refractivity contribution is 7.06. The molecule has 1 saturated heterocycles. The van der Waals surface area contributed by atoms with E-state index in [1.807, 2.05) is 13.8 Å². The van der Waals surface area contributed by atoms with Gasteiger partial charge >= 0.3 is 0 Å². The van der Waals surface area contributed by atoms with Crippen molar-refractivity contribution in [1.82, 2.24) is 19.4 Å². The Morgan fingerprint density at radius 3 is 2.48 bits per heavy atom. The molecule has 1 aliphatic heterocycles. The first-order chi connectivity index (χ1) is 9.99. The SMILES string of the molecule is Cc1nsc(C)c1-c1noc(C(C)N2C(C)CCC2C)n1. The summed E-state index contributed by atoms with van der Waals surface area (Å²) in [5.41, 5.74) is 1.99. The minimum Gasteiger partial charge on any atom is -0.337 e. The molecule has 3 rings (SSSR count). The second-order valence-electron chi connectivity index (χ2n) is 6.05. The van der Waals surface area contributed by atoms with Crippen LogP contribution in [-0.2, 0) is 0 Å². The van der Waals surface area contributed by atoms with E-state index in [4.69, 9.17) is 4.52 Å². The molecule has 3 unspecified atom stereocenters. The van der Waals surface area contributed by atoms with Crippen LogP contribution >= 0.6 is 11.5 Å². The van der Waals surface area contributed by atoms with Crippen molar-refractivity contribution in [3.05, 3.63) is 16.5 Å². The van der Waals surface area contributed by atoms with E-state index in [0.29, 0.717) is 23.8 Å². The third kappa shape index (κ3) is 2.51. The normalized spacial score (nSPS) is 24.6. The molecule has 2 aromatic heterocycles. The fraction of sp³-hybridized carbons (Fsp3) is 0.667. The maximum atomic E-state index is 5.54. The summed E-state index contributed by atoms with van der Waals surface area (Å²) in [6.07, 6.45) is 2.47. The van der Waals surface area contributed by atoms with Crippen LogP contribution < -0.4 is 0 Å². The minimum atomic E-state index is 0.158. The molecule has 0 spiro atoms. The number of hydrogen-bond donors (Lipinski definition) is 0. The fourth-order valence-corrected chi connectivity index (χ4v) is 4.11. The van der Waals surface area contributed by atoms with Crippen LogP contribution in [0.5, 0.6) is 0 Å². The molecule has 0 N–H and O–H groups in total. The van der Waals surface area contributed by atoms with E-state index in [-0.39, 0.29) is 6.04 Å². The fourth-order valence-electron chi connectivity index (χ4n) is 3.41. The van der Waals surface area contributed by atoms with Gasteiger partial charge in [0.05, 0.1) is 17.3 Å². The summed E-state index contributed by atoms with van der Waals surface area (Å²) in [6, 6.07) is 1.29. The lowest BCUT2D eigenvalue weighted by atomic mass is 10.2. The molecule has 3 heterocycles.